The highest BCUT2D eigenvalue weighted by Crippen LogP contribution is 2.33. The van der Waals surface area contributed by atoms with E-state index >= 15 is 0 Å². The maximum atomic E-state index is 13.8. The van der Waals surface area contributed by atoms with Crippen LogP contribution < -0.4 is 10.5 Å². The first-order chi connectivity index (χ1) is 8.01. The molecule has 2 N–H and O–H groups in total. The summed E-state index contributed by atoms with van der Waals surface area (Å²) >= 11 is 5.98. The van der Waals surface area contributed by atoms with Crippen LogP contribution in [0.5, 0.6) is 5.75 Å². The predicted octanol–water partition coefficient (Wildman–Crippen LogP) is 4.35. The Morgan fingerprint density at radius 2 is 2.00 bits per heavy atom. The van der Waals surface area contributed by atoms with Gasteiger partial charge >= 0.3 is 0 Å². The van der Waals surface area contributed by atoms with Gasteiger partial charge in [0.2, 0.25) is 0 Å². The van der Waals surface area contributed by atoms with Crippen molar-refractivity contribution in [1.82, 2.24) is 0 Å². The van der Waals surface area contributed by atoms with Gasteiger partial charge in [0.1, 0.15) is 0 Å². The molecule has 0 aromatic heterocycles. The van der Waals surface area contributed by atoms with Gasteiger partial charge in [-0.1, -0.05) is 31.9 Å². The highest BCUT2D eigenvalue weighted by molar-refractivity contribution is 6.32. The summed E-state index contributed by atoms with van der Waals surface area (Å²) < 4.78 is 18.9. The molecule has 0 saturated carbocycles. The minimum atomic E-state index is -0.451. The van der Waals surface area contributed by atoms with Crippen molar-refractivity contribution >= 4 is 24.0 Å². The van der Waals surface area contributed by atoms with E-state index < -0.39 is 5.82 Å². The number of hydrogen-bond acceptors (Lipinski definition) is 2. The standard InChI is InChI=1S/C13H19ClFNO.ClH/c1-4-8(3)12(16)9-6-10(14)13(17-5-2)11(15)7-9;/h6-8,12H,4-5,16H2,1-3H3;1H/t8?,12-;/m1./s1. The summed E-state index contributed by atoms with van der Waals surface area (Å²) in [5.74, 6) is -0.0641. The largest absolute Gasteiger partial charge is 0.489 e. The topological polar surface area (TPSA) is 35.2 Å². The van der Waals surface area contributed by atoms with Crippen LogP contribution in [0.3, 0.4) is 0 Å². The maximum Gasteiger partial charge on any atom is 0.173 e. The molecular weight excluding hydrogens is 276 g/mol. The van der Waals surface area contributed by atoms with Gasteiger partial charge in [-0.15, -0.1) is 12.4 Å². The molecule has 0 fully saturated rings. The first-order valence-corrected chi connectivity index (χ1v) is 6.26. The van der Waals surface area contributed by atoms with Crippen LogP contribution in [0.4, 0.5) is 4.39 Å². The third kappa shape index (κ3) is 4.01. The van der Waals surface area contributed by atoms with Gasteiger partial charge in [0.25, 0.3) is 0 Å². The average molecular weight is 296 g/mol. The third-order valence-electron chi connectivity index (χ3n) is 2.95. The number of ether oxygens (including phenoxy) is 1. The van der Waals surface area contributed by atoms with Crippen molar-refractivity contribution in [3.63, 3.8) is 0 Å². The Labute approximate surface area is 119 Å². The van der Waals surface area contributed by atoms with E-state index in [1.54, 1.807) is 13.0 Å². The Bertz CT molecular complexity index is 364. The number of benzene rings is 1. The van der Waals surface area contributed by atoms with Crippen molar-refractivity contribution in [2.24, 2.45) is 11.7 Å². The van der Waals surface area contributed by atoms with Crippen LogP contribution in [-0.4, -0.2) is 6.61 Å². The van der Waals surface area contributed by atoms with Crippen molar-refractivity contribution < 1.29 is 9.13 Å². The number of halogens is 3. The molecule has 0 aliphatic carbocycles. The molecule has 1 unspecified atom stereocenters. The molecule has 2 atom stereocenters. The molecular formula is C13H20Cl2FNO. The molecule has 0 saturated heterocycles. The Hall–Kier alpha value is -0.510. The molecule has 5 heteroatoms. The fourth-order valence-corrected chi connectivity index (χ4v) is 1.91. The molecule has 104 valence electrons. The fraction of sp³-hybridized carbons (Fsp3) is 0.538. The van der Waals surface area contributed by atoms with E-state index in [2.05, 4.69) is 6.92 Å². The molecule has 0 aliphatic rings. The summed E-state index contributed by atoms with van der Waals surface area (Å²) in [5.41, 5.74) is 6.76. The number of rotatable bonds is 5. The van der Waals surface area contributed by atoms with E-state index in [1.165, 1.54) is 6.07 Å². The number of nitrogens with two attached hydrogens (primary N) is 1. The van der Waals surface area contributed by atoms with E-state index in [4.69, 9.17) is 22.1 Å². The molecule has 1 aromatic rings. The predicted molar refractivity (Wildman–Crippen MR) is 76.2 cm³/mol. The molecule has 1 aromatic carbocycles. The van der Waals surface area contributed by atoms with Crippen molar-refractivity contribution in [3.8, 4) is 5.75 Å². The molecule has 1 rings (SSSR count). The Morgan fingerprint density at radius 3 is 2.44 bits per heavy atom. The van der Waals surface area contributed by atoms with Gasteiger partial charge in [0, 0.05) is 6.04 Å². The van der Waals surface area contributed by atoms with Crippen molar-refractivity contribution in [3.05, 3.63) is 28.5 Å². The van der Waals surface area contributed by atoms with Crippen LogP contribution in [0.1, 0.15) is 38.8 Å². The SMILES string of the molecule is CCOc1c(F)cc([C@H](N)C(C)CC)cc1Cl.Cl. The number of hydrogen-bond donors (Lipinski definition) is 1. The Balaban J connectivity index is 0.00000289. The second-order valence-corrected chi connectivity index (χ2v) is 4.57. The van der Waals surface area contributed by atoms with Gasteiger partial charge in [0.05, 0.1) is 11.6 Å². The van der Waals surface area contributed by atoms with E-state index in [0.717, 1.165) is 6.42 Å². The monoisotopic (exact) mass is 295 g/mol. The summed E-state index contributed by atoms with van der Waals surface area (Å²) in [5, 5.41) is 0.278. The Morgan fingerprint density at radius 1 is 1.39 bits per heavy atom. The first-order valence-electron chi connectivity index (χ1n) is 5.88. The molecule has 0 amide bonds. The van der Waals surface area contributed by atoms with Crippen LogP contribution in [0.2, 0.25) is 5.02 Å². The van der Waals surface area contributed by atoms with Gasteiger partial charge in [0.15, 0.2) is 11.6 Å². The lowest BCUT2D eigenvalue weighted by Crippen LogP contribution is -2.18. The van der Waals surface area contributed by atoms with Gasteiger partial charge in [-0.3, -0.25) is 0 Å². The molecule has 0 radical (unpaired) electrons. The Kier molecular flexibility index (Phi) is 7.60. The van der Waals surface area contributed by atoms with Crippen molar-refractivity contribution in [1.29, 1.82) is 0 Å². The zero-order valence-corrected chi connectivity index (χ0v) is 12.4. The van der Waals surface area contributed by atoms with Crippen LogP contribution in [0, 0.1) is 11.7 Å². The molecule has 18 heavy (non-hydrogen) atoms. The smallest absolute Gasteiger partial charge is 0.173 e. The average Bonchev–Trinajstić information content (AvgIpc) is 2.31. The molecule has 0 aliphatic heterocycles. The lowest BCUT2D eigenvalue weighted by molar-refractivity contribution is 0.321. The normalized spacial score (nSPS) is 13.7. The molecule has 0 bridgehead atoms. The summed E-state index contributed by atoms with van der Waals surface area (Å²) in [6.07, 6.45) is 0.938. The quantitative estimate of drug-likeness (QED) is 0.877. The van der Waals surface area contributed by atoms with Gasteiger partial charge in [-0.05, 0) is 30.5 Å². The second kappa shape index (κ2) is 7.82. The lowest BCUT2D eigenvalue weighted by atomic mass is 9.93. The van der Waals surface area contributed by atoms with Crippen LogP contribution >= 0.6 is 24.0 Å². The van der Waals surface area contributed by atoms with E-state index in [-0.39, 0.29) is 35.1 Å². The summed E-state index contributed by atoms with van der Waals surface area (Å²) in [7, 11) is 0. The van der Waals surface area contributed by atoms with Gasteiger partial charge < -0.3 is 10.5 Å². The van der Waals surface area contributed by atoms with E-state index in [0.29, 0.717) is 12.2 Å². The molecule has 0 spiro atoms. The molecule has 2 nitrogen and oxygen atoms in total. The zero-order valence-electron chi connectivity index (χ0n) is 10.9. The van der Waals surface area contributed by atoms with E-state index in [1.807, 2.05) is 6.92 Å². The minimum absolute atomic E-state index is 0. The van der Waals surface area contributed by atoms with Crippen molar-refractivity contribution in [2.75, 3.05) is 6.61 Å². The highest BCUT2D eigenvalue weighted by Gasteiger charge is 2.18. The summed E-state index contributed by atoms with van der Waals surface area (Å²) in [4.78, 5) is 0. The summed E-state index contributed by atoms with van der Waals surface area (Å²) in [6, 6.07) is 2.89. The van der Waals surface area contributed by atoms with Crippen LogP contribution in [-0.2, 0) is 0 Å². The van der Waals surface area contributed by atoms with E-state index in [9.17, 15) is 4.39 Å². The van der Waals surface area contributed by atoms with Gasteiger partial charge in [-0.2, -0.15) is 0 Å². The second-order valence-electron chi connectivity index (χ2n) is 4.16. The zero-order chi connectivity index (χ0) is 13.0. The highest BCUT2D eigenvalue weighted by atomic mass is 35.5. The fourth-order valence-electron chi connectivity index (χ4n) is 1.64. The van der Waals surface area contributed by atoms with Crippen LogP contribution in [0.25, 0.3) is 0 Å². The third-order valence-corrected chi connectivity index (χ3v) is 3.23. The maximum absolute atomic E-state index is 13.8. The minimum Gasteiger partial charge on any atom is -0.489 e. The lowest BCUT2D eigenvalue weighted by Gasteiger charge is -2.20. The molecule has 0 heterocycles. The van der Waals surface area contributed by atoms with Crippen molar-refractivity contribution in [2.45, 2.75) is 33.2 Å². The van der Waals surface area contributed by atoms with Gasteiger partial charge in [-0.25, -0.2) is 4.39 Å². The first kappa shape index (κ1) is 17.5. The summed E-state index contributed by atoms with van der Waals surface area (Å²) in [6.45, 7) is 6.26. The van der Waals surface area contributed by atoms with Crippen LogP contribution in [0.15, 0.2) is 12.1 Å².